The summed E-state index contributed by atoms with van der Waals surface area (Å²) in [6.45, 7) is 3.54. The number of carbonyl (C=O) groups is 2. The summed E-state index contributed by atoms with van der Waals surface area (Å²) in [7, 11) is 0. The van der Waals surface area contributed by atoms with Crippen molar-refractivity contribution in [1.82, 2.24) is 0 Å². The summed E-state index contributed by atoms with van der Waals surface area (Å²) in [5.74, 6) is -0.971. The minimum atomic E-state index is -1.45. The molecule has 0 saturated carbocycles. The normalized spacial score (nSPS) is 24.2. The lowest BCUT2D eigenvalue weighted by Gasteiger charge is -2.34. The Labute approximate surface area is 93.8 Å². The molecule has 0 aliphatic carbocycles. The number of fused-ring (bicyclic) bond motifs is 1. The van der Waals surface area contributed by atoms with Gasteiger partial charge in [-0.05, 0) is 18.1 Å². The summed E-state index contributed by atoms with van der Waals surface area (Å²) in [5, 5.41) is 2.68. The molecule has 1 aliphatic heterocycles. The standard InChI is InChI=1S/C12H14N2O2/c1-7(2)12(13)10(15)8-5-3-4-6-9(8)14-11(12)16/h3-7H,13H2,1-2H3,(H,14,16)/t12-/m0/s1. The Kier molecular flexibility index (Phi) is 2.31. The average Bonchev–Trinajstić information content (AvgIpc) is 2.26. The molecule has 84 valence electrons. The number of hydrogen-bond donors (Lipinski definition) is 2. The van der Waals surface area contributed by atoms with Crippen LogP contribution in [0.15, 0.2) is 24.3 Å². The van der Waals surface area contributed by atoms with Crippen molar-refractivity contribution in [2.24, 2.45) is 11.7 Å². The summed E-state index contributed by atoms with van der Waals surface area (Å²) in [4.78, 5) is 24.1. The summed E-state index contributed by atoms with van der Waals surface area (Å²) in [5.41, 5.74) is 5.52. The molecule has 0 aromatic heterocycles. The molecule has 0 radical (unpaired) electrons. The Morgan fingerprint density at radius 3 is 2.50 bits per heavy atom. The summed E-state index contributed by atoms with van der Waals surface area (Å²) < 4.78 is 0. The quantitative estimate of drug-likeness (QED) is 0.695. The number of rotatable bonds is 1. The molecule has 1 aromatic rings. The number of nitrogens with one attached hydrogen (secondary N) is 1. The van der Waals surface area contributed by atoms with Crippen molar-refractivity contribution >= 4 is 17.4 Å². The Morgan fingerprint density at radius 2 is 1.88 bits per heavy atom. The predicted octanol–water partition coefficient (Wildman–Crippen LogP) is 1.17. The number of carbonyl (C=O) groups excluding carboxylic acids is 2. The lowest BCUT2D eigenvalue weighted by Crippen LogP contribution is -2.63. The highest BCUT2D eigenvalue weighted by Gasteiger charge is 2.48. The molecule has 4 nitrogen and oxygen atoms in total. The molecule has 0 spiro atoms. The number of para-hydroxylation sites is 1. The number of ketones is 1. The zero-order valence-corrected chi connectivity index (χ0v) is 9.28. The number of Topliss-reactive ketones (excluding diaryl/α,β-unsaturated/α-hetero) is 1. The molecule has 3 N–H and O–H groups in total. The summed E-state index contributed by atoms with van der Waals surface area (Å²) in [6.07, 6.45) is 0. The van der Waals surface area contributed by atoms with Crippen molar-refractivity contribution in [3.63, 3.8) is 0 Å². The molecule has 0 fully saturated rings. The third-order valence-electron chi connectivity index (χ3n) is 3.08. The first kappa shape index (κ1) is 10.8. The van der Waals surface area contributed by atoms with Crippen molar-refractivity contribution in [3.8, 4) is 0 Å². The van der Waals surface area contributed by atoms with Crippen molar-refractivity contribution in [2.45, 2.75) is 19.4 Å². The predicted molar refractivity (Wildman–Crippen MR) is 61.2 cm³/mol. The largest absolute Gasteiger partial charge is 0.323 e. The Balaban J connectivity index is 2.58. The Hall–Kier alpha value is -1.68. The molecule has 1 heterocycles. The maximum Gasteiger partial charge on any atom is 0.252 e. The first-order valence-electron chi connectivity index (χ1n) is 5.22. The minimum Gasteiger partial charge on any atom is -0.323 e. The van der Waals surface area contributed by atoms with Gasteiger partial charge in [0.25, 0.3) is 5.91 Å². The van der Waals surface area contributed by atoms with Gasteiger partial charge in [0.05, 0.1) is 5.69 Å². The van der Waals surface area contributed by atoms with Crippen LogP contribution >= 0.6 is 0 Å². The fourth-order valence-electron chi connectivity index (χ4n) is 1.87. The van der Waals surface area contributed by atoms with E-state index in [2.05, 4.69) is 5.32 Å². The molecular formula is C12H14N2O2. The maximum absolute atomic E-state index is 12.2. The first-order chi connectivity index (χ1) is 7.48. The third-order valence-corrected chi connectivity index (χ3v) is 3.08. The smallest absolute Gasteiger partial charge is 0.252 e. The van der Waals surface area contributed by atoms with E-state index in [1.807, 2.05) is 0 Å². The van der Waals surface area contributed by atoms with E-state index in [1.165, 1.54) is 0 Å². The molecule has 0 saturated heterocycles. The zero-order chi connectivity index (χ0) is 11.9. The van der Waals surface area contributed by atoms with Crippen LogP contribution in [0.5, 0.6) is 0 Å². The van der Waals surface area contributed by atoms with Gasteiger partial charge in [-0.3, -0.25) is 9.59 Å². The fourth-order valence-corrected chi connectivity index (χ4v) is 1.87. The molecule has 2 rings (SSSR count). The van der Waals surface area contributed by atoms with E-state index >= 15 is 0 Å². The van der Waals surface area contributed by atoms with Crippen LogP contribution in [0.4, 0.5) is 5.69 Å². The van der Waals surface area contributed by atoms with Crippen molar-refractivity contribution in [1.29, 1.82) is 0 Å². The lowest BCUT2D eigenvalue weighted by molar-refractivity contribution is -0.121. The van der Waals surface area contributed by atoms with Crippen LogP contribution in [0.1, 0.15) is 24.2 Å². The van der Waals surface area contributed by atoms with Crippen LogP contribution in [-0.4, -0.2) is 17.2 Å². The van der Waals surface area contributed by atoms with E-state index in [4.69, 9.17) is 5.73 Å². The second-order valence-corrected chi connectivity index (χ2v) is 4.35. The van der Waals surface area contributed by atoms with Crippen molar-refractivity contribution < 1.29 is 9.59 Å². The van der Waals surface area contributed by atoms with Gasteiger partial charge >= 0.3 is 0 Å². The van der Waals surface area contributed by atoms with E-state index in [0.717, 1.165) is 0 Å². The van der Waals surface area contributed by atoms with Crippen LogP contribution in [0, 0.1) is 5.92 Å². The summed E-state index contributed by atoms with van der Waals surface area (Å²) >= 11 is 0. The van der Waals surface area contributed by atoms with Gasteiger partial charge in [0.2, 0.25) is 0 Å². The molecule has 1 amide bonds. The number of amides is 1. The van der Waals surface area contributed by atoms with Gasteiger partial charge in [0, 0.05) is 5.56 Å². The molecule has 0 unspecified atom stereocenters. The fraction of sp³-hybridized carbons (Fsp3) is 0.333. The van der Waals surface area contributed by atoms with Gasteiger partial charge in [0.1, 0.15) is 0 Å². The van der Waals surface area contributed by atoms with E-state index < -0.39 is 11.4 Å². The molecule has 4 heteroatoms. The van der Waals surface area contributed by atoms with Crippen molar-refractivity contribution in [2.75, 3.05) is 5.32 Å². The number of nitrogens with two attached hydrogens (primary N) is 1. The van der Waals surface area contributed by atoms with Crippen LogP contribution in [0.2, 0.25) is 0 Å². The number of anilines is 1. The second kappa shape index (κ2) is 3.42. The molecule has 1 aliphatic rings. The van der Waals surface area contributed by atoms with Crippen LogP contribution in [0.3, 0.4) is 0 Å². The van der Waals surface area contributed by atoms with E-state index in [9.17, 15) is 9.59 Å². The highest BCUT2D eigenvalue weighted by molar-refractivity contribution is 6.27. The van der Waals surface area contributed by atoms with E-state index in [0.29, 0.717) is 11.3 Å². The van der Waals surface area contributed by atoms with Gasteiger partial charge in [-0.1, -0.05) is 26.0 Å². The Morgan fingerprint density at radius 1 is 1.25 bits per heavy atom. The van der Waals surface area contributed by atoms with Gasteiger partial charge in [0.15, 0.2) is 11.3 Å². The van der Waals surface area contributed by atoms with Gasteiger partial charge < -0.3 is 11.1 Å². The summed E-state index contributed by atoms with van der Waals surface area (Å²) in [6, 6.07) is 6.91. The maximum atomic E-state index is 12.2. The van der Waals surface area contributed by atoms with Gasteiger partial charge in [-0.25, -0.2) is 0 Å². The van der Waals surface area contributed by atoms with E-state index in [1.54, 1.807) is 38.1 Å². The zero-order valence-electron chi connectivity index (χ0n) is 9.28. The van der Waals surface area contributed by atoms with Crippen LogP contribution in [-0.2, 0) is 4.79 Å². The molecule has 16 heavy (non-hydrogen) atoms. The second-order valence-electron chi connectivity index (χ2n) is 4.35. The molecule has 0 bridgehead atoms. The lowest BCUT2D eigenvalue weighted by atomic mass is 9.77. The molecular weight excluding hydrogens is 204 g/mol. The van der Waals surface area contributed by atoms with Crippen LogP contribution < -0.4 is 11.1 Å². The average molecular weight is 218 g/mol. The topological polar surface area (TPSA) is 72.2 Å². The number of benzene rings is 1. The Bertz CT molecular complexity index is 468. The minimum absolute atomic E-state index is 0.242. The highest BCUT2D eigenvalue weighted by atomic mass is 16.2. The molecule has 1 aromatic carbocycles. The third kappa shape index (κ3) is 1.27. The van der Waals surface area contributed by atoms with Crippen molar-refractivity contribution in [3.05, 3.63) is 29.8 Å². The molecule has 1 atom stereocenters. The van der Waals surface area contributed by atoms with Crippen LogP contribution in [0.25, 0.3) is 0 Å². The monoisotopic (exact) mass is 218 g/mol. The van der Waals surface area contributed by atoms with E-state index in [-0.39, 0.29) is 11.7 Å². The van der Waals surface area contributed by atoms with Gasteiger partial charge in [-0.15, -0.1) is 0 Å². The first-order valence-corrected chi connectivity index (χ1v) is 5.22. The highest BCUT2D eigenvalue weighted by Crippen LogP contribution is 2.30. The number of hydrogen-bond acceptors (Lipinski definition) is 3. The van der Waals surface area contributed by atoms with Gasteiger partial charge in [-0.2, -0.15) is 0 Å². The SMILES string of the molecule is CC(C)[C@@]1(N)C(=O)Nc2ccccc2C1=O.